The van der Waals surface area contributed by atoms with Gasteiger partial charge in [-0.25, -0.2) is 13.6 Å². The Balaban J connectivity index is 1.15. The van der Waals surface area contributed by atoms with E-state index < -0.39 is 71.9 Å². The minimum Gasteiger partial charge on any atom is -0.484 e. The molecule has 13 heteroatoms. The Morgan fingerprint density at radius 3 is 2.20 bits per heavy atom. The van der Waals surface area contributed by atoms with Crippen molar-refractivity contribution < 1.29 is 44.3 Å². The van der Waals surface area contributed by atoms with E-state index in [1.54, 1.807) is 29.2 Å². The molecule has 2 aliphatic rings. The predicted molar refractivity (Wildman–Crippen MR) is 180 cm³/mol. The number of nitrogens with zero attached hydrogens (tertiary/aromatic N) is 1. The highest BCUT2D eigenvalue weighted by Crippen LogP contribution is 2.46. The number of carboxylic acid groups (broad SMARTS) is 1. The summed E-state index contributed by atoms with van der Waals surface area (Å²) in [5.41, 5.74) is 1.75. The molecule has 4 N–H and O–H groups in total. The van der Waals surface area contributed by atoms with Crippen molar-refractivity contribution in [3.05, 3.63) is 95.6 Å². The predicted octanol–water partition coefficient (Wildman–Crippen LogP) is 4.92. The summed E-state index contributed by atoms with van der Waals surface area (Å²) < 4.78 is 41.1. The summed E-state index contributed by atoms with van der Waals surface area (Å²) in [5.74, 6) is -4.00. The summed E-state index contributed by atoms with van der Waals surface area (Å²) in [6, 6.07) is 16.0. The fraction of sp³-hybridized carbons (Fsp3) is 0.389. The molecule has 260 valence electrons. The first-order valence-corrected chi connectivity index (χ1v) is 17.1. The minimum absolute atomic E-state index is 0.00477. The molecule has 5 rings (SSSR count). The number of anilines is 1. The van der Waals surface area contributed by atoms with Gasteiger partial charge in [-0.1, -0.05) is 56.4 Å². The molecule has 49 heavy (non-hydrogen) atoms. The lowest BCUT2D eigenvalue weighted by Gasteiger charge is -2.47. The summed E-state index contributed by atoms with van der Waals surface area (Å²) in [7, 11) is 0. The van der Waals surface area contributed by atoms with Gasteiger partial charge in [0.2, 0.25) is 11.8 Å². The van der Waals surface area contributed by atoms with Gasteiger partial charge in [-0.05, 0) is 72.0 Å². The minimum atomic E-state index is -1.23. The van der Waals surface area contributed by atoms with Crippen LogP contribution >= 0.6 is 11.8 Å². The van der Waals surface area contributed by atoms with E-state index in [2.05, 4.69) is 10.6 Å². The number of nitrogens with one attached hydrogen (secondary N) is 2. The molecular weight excluding hydrogens is 656 g/mol. The van der Waals surface area contributed by atoms with Crippen LogP contribution in [0.1, 0.15) is 63.2 Å². The number of amides is 3. The largest absolute Gasteiger partial charge is 0.484 e. The number of halogens is 2. The second-order valence-corrected chi connectivity index (χ2v) is 13.2. The number of hydrogen-bond acceptors (Lipinski definition) is 7. The average Bonchev–Trinajstić information content (AvgIpc) is 3.10. The Morgan fingerprint density at radius 1 is 0.939 bits per heavy atom. The zero-order chi connectivity index (χ0) is 35.8. The van der Waals surface area contributed by atoms with Crippen molar-refractivity contribution in [1.29, 1.82) is 0 Å². The lowest BCUT2D eigenvalue weighted by Crippen LogP contribution is -2.57. The molecule has 3 aromatic carbocycles. The van der Waals surface area contributed by atoms with Crippen LogP contribution in [-0.4, -0.2) is 64.1 Å². The highest BCUT2D eigenvalue weighted by Gasteiger charge is 2.49. The van der Waals surface area contributed by atoms with Crippen LogP contribution in [0.3, 0.4) is 0 Å². The topological polar surface area (TPSA) is 145 Å². The Kier molecular flexibility index (Phi) is 11.8. The van der Waals surface area contributed by atoms with Crippen LogP contribution in [0.25, 0.3) is 0 Å². The molecule has 0 spiro atoms. The van der Waals surface area contributed by atoms with Crippen LogP contribution in [0.2, 0.25) is 0 Å². The van der Waals surface area contributed by atoms with Crippen molar-refractivity contribution in [2.75, 3.05) is 23.8 Å². The molecule has 1 saturated carbocycles. The molecule has 1 heterocycles. The molecule has 1 aliphatic heterocycles. The molecule has 10 nitrogen and oxygen atoms in total. The molecule has 3 aromatic rings. The van der Waals surface area contributed by atoms with Crippen LogP contribution in [0.4, 0.5) is 14.5 Å². The standard InChI is InChI=1S/C36H39F2N3O7S/c37-25-10-6-23(7-11-25)30(42)21-49-34-33(41(35(34)45)27-14-12-26(38)13-15-27)24-8-16-28(17-9-24)48-20-32(44)39-19-31(43)40-29(36(46)47)18-22-4-2-1-3-5-22/h6-17,22,29-30,33-34,42H,1-5,18-21H2,(H,39,44)(H,40,43)(H,46,47)/t29-,30?,33+,34+/m0/s1/i22D. The zero-order valence-electron chi connectivity index (χ0n) is 27.6. The van der Waals surface area contributed by atoms with Crippen molar-refractivity contribution in [2.45, 2.75) is 62.0 Å². The van der Waals surface area contributed by atoms with E-state index in [1.165, 1.54) is 60.3 Å². The smallest absolute Gasteiger partial charge is 0.326 e. The number of hydrogen-bond donors (Lipinski definition) is 4. The molecule has 2 fully saturated rings. The molecule has 1 saturated heterocycles. The number of ether oxygens (including phenoxy) is 1. The Morgan fingerprint density at radius 2 is 1.57 bits per heavy atom. The van der Waals surface area contributed by atoms with Gasteiger partial charge in [-0.2, -0.15) is 0 Å². The first-order valence-electron chi connectivity index (χ1n) is 16.6. The molecule has 1 aliphatic carbocycles. The van der Waals surface area contributed by atoms with Crippen LogP contribution in [0, 0.1) is 17.5 Å². The second kappa shape index (κ2) is 16.8. The Hall–Kier alpha value is -4.49. The van der Waals surface area contributed by atoms with Crippen molar-refractivity contribution >= 4 is 41.1 Å². The third kappa shape index (κ3) is 9.57. The summed E-state index contributed by atoms with van der Waals surface area (Å²) >= 11 is 1.25. The van der Waals surface area contributed by atoms with E-state index in [4.69, 9.17) is 6.11 Å². The average molecular weight is 697 g/mol. The maximum Gasteiger partial charge on any atom is 0.326 e. The van der Waals surface area contributed by atoms with Gasteiger partial charge in [0, 0.05) is 12.8 Å². The van der Waals surface area contributed by atoms with E-state index in [1.807, 2.05) is 0 Å². The highest BCUT2D eigenvalue weighted by atomic mass is 32.2. The van der Waals surface area contributed by atoms with Gasteiger partial charge in [0.1, 0.15) is 28.7 Å². The molecule has 0 bridgehead atoms. The lowest BCUT2D eigenvalue weighted by atomic mass is 9.85. The summed E-state index contributed by atoms with van der Waals surface area (Å²) in [6.45, 7) is -0.881. The number of carbonyl (C=O) groups is 4. The van der Waals surface area contributed by atoms with Gasteiger partial charge in [-0.3, -0.25) is 14.4 Å². The van der Waals surface area contributed by atoms with Crippen LogP contribution in [0.15, 0.2) is 72.8 Å². The van der Waals surface area contributed by atoms with Gasteiger partial charge in [0.05, 0.1) is 18.7 Å². The van der Waals surface area contributed by atoms with Crippen LogP contribution < -0.4 is 20.3 Å². The number of thioether (sulfide) groups is 1. The molecule has 0 aromatic heterocycles. The Bertz CT molecular complexity index is 1660. The van der Waals surface area contributed by atoms with Gasteiger partial charge in [-0.15, -0.1) is 11.8 Å². The SMILES string of the molecule is [2H]C1(C[C@H](NC(=O)CNC(=O)COc2ccc([C@@H]3[C@@H](SCC(O)c4ccc(F)cc4)C(=O)N3c3ccc(F)cc3)cc2)C(=O)O)CCCCC1. The normalized spacial score (nSPS) is 19.9. The van der Waals surface area contributed by atoms with E-state index in [-0.39, 0.29) is 18.1 Å². The van der Waals surface area contributed by atoms with Gasteiger partial charge in [0.25, 0.3) is 5.91 Å². The van der Waals surface area contributed by atoms with E-state index in [0.717, 1.165) is 24.8 Å². The monoisotopic (exact) mass is 696 g/mol. The molecule has 0 radical (unpaired) electrons. The molecule has 4 atom stereocenters. The molecular formula is C36H39F2N3O7S. The van der Waals surface area contributed by atoms with E-state index in [9.17, 15) is 38.2 Å². The summed E-state index contributed by atoms with van der Waals surface area (Å²) in [5, 5.41) is 24.5. The Labute approximate surface area is 288 Å². The number of rotatable bonds is 15. The van der Waals surface area contributed by atoms with Crippen molar-refractivity contribution in [3.8, 4) is 5.75 Å². The number of carboxylic acids is 1. The third-order valence-electron chi connectivity index (χ3n) is 8.56. The fourth-order valence-corrected chi connectivity index (χ4v) is 7.24. The van der Waals surface area contributed by atoms with E-state index in [0.29, 0.717) is 29.8 Å². The molecule has 3 amide bonds. The van der Waals surface area contributed by atoms with Gasteiger partial charge in [0.15, 0.2) is 6.61 Å². The van der Waals surface area contributed by atoms with Gasteiger partial charge >= 0.3 is 5.97 Å². The number of β-lactam (4-membered cyclic amide) rings is 1. The van der Waals surface area contributed by atoms with Crippen molar-refractivity contribution in [3.63, 3.8) is 0 Å². The van der Waals surface area contributed by atoms with Crippen molar-refractivity contribution in [1.82, 2.24) is 10.6 Å². The van der Waals surface area contributed by atoms with Crippen LogP contribution in [0.5, 0.6) is 5.75 Å². The third-order valence-corrected chi connectivity index (χ3v) is 9.89. The first-order chi connectivity index (χ1) is 23.9. The number of aliphatic carboxylic acids is 1. The fourth-order valence-electron chi connectivity index (χ4n) is 5.94. The maximum absolute atomic E-state index is 13.6. The summed E-state index contributed by atoms with van der Waals surface area (Å²) in [6.07, 6.45) is 2.93. The summed E-state index contributed by atoms with van der Waals surface area (Å²) in [4.78, 5) is 51.4. The number of aliphatic hydroxyl groups excluding tert-OH is 1. The van der Waals surface area contributed by atoms with Crippen molar-refractivity contribution in [2.24, 2.45) is 5.89 Å². The van der Waals surface area contributed by atoms with E-state index >= 15 is 0 Å². The van der Waals surface area contributed by atoms with Crippen LogP contribution in [-0.2, 0) is 19.2 Å². The molecule has 1 unspecified atom stereocenters. The second-order valence-electron chi connectivity index (χ2n) is 12.1. The quantitative estimate of drug-likeness (QED) is 0.164. The zero-order valence-corrected chi connectivity index (χ0v) is 27.5. The first kappa shape index (κ1) is 34.4. The lowest BCUT2D eigenvalue weighted by molar-refractivity contribution is -0.142. The number of benzene rings is 3. The van der Waals surface area contributed by atoms with Gasteiger partial charge < -0.3 is 30.5 Å². The number of aliphatic hydroxyl groups is 1. The number of carbonyl (C=O) groups excluding carboxylic acids is 3. The maximum atomic E-state index is 13.6. The highest BCUT2D eigenvalue weighted by molar-refractivity contribution is 8.00.